The maximum Gasteiger partial charge on any atom is 0.229 e. The van der Waals surface area contributed by atoms with Crippen LogP contribution in [0.15, 0.2) is 47.4 Å². The predicted octanol–water partition coefficient (Wildman–Crippen LogP) is 5.31. The van der Waals surface area contributed by atoms with Crippen LogP contribution in [0.5, 0.6) is 0 Å². The van der Waals surface area contributed by atoms with Crippen molar-refractivity contribution in [2.45, 2.75) is 32.1 Å². The number of aryl methyl sites for hydroxylation is 3. The maximum atomic E-state index is 12.6. The predicted molar refractivity (Wildman–Crippen MR) is 122 cm³/mol. The molecule has 5 nitrogen and oxygen atoms in total. The van der Waals surface area contributed by atoms with E-state index in [-0.39, 0.29) is 5.91 Å². The van der Waals surface area contributed by atoms with Crippen LogP contribution in [0, 0.1) is 20.8 Å². The molecule has 2 heterocycles. The Morgan fingerprint density at radius 3 is 2.62 bits per heavy atom. The van der Waals surface area contributed by atoms with E-state index >= 15 is 0 Å². The Balaban J connectivity index is 1.59. The third-order valence-electron chi connectivity index (χ3n) is 4.62. The molecule has 4 rings (SSSR count). The fraction of sp³-hybridized carbons (Fsp3) is 0.227. The van der Waals surface area contributed by atoms with Crippen molar-refractivity contribution in [1.29, 1.82) is 0 Å². The topological polar surface area (TPSA) is 59.8 Å². The number of carbonyl (C=O) groups excluding carboxylic acids is 1. The number of nitrogens with zero attached hydrogens (tertiary/aromatic N) is 3. The molecule has 0 bridgehead atoms. The van der Waals surface area contributed by atoms with E-state index in [1.54, 1.807) is 27.8 Å². The Bertz CT molecular complexity index is 1190. The van der Waals surface area contributed by atoms with E-state index in [0.29, 0.717) is 12.2 Å². The first kappa shape index (κ1) is 19.7. The second-order valence-corrected chi connectivity index (χ2v) is 8.97. The van der Waals surface area contributed by atoms with E-state index in [2.05, 4.69) is 36.4 Å². The van der Waals surface area contributed by atoms with Crippen molar-refractivity contribution in [2.24, 2.45) is 0 Å². The third-order valence-corrected chi connectivity index (χ3v) is 6.34. The summed E-state index contributed by atoms with van der Waals surface area (Å²) in [6.45, 7) is 6.06. The number of hydrogen-bond acceptors (Lipinski definition) is 5. The number of thioether (sulfide) groups is 1. The molecular weight excluding hydrogens is 400 g/mol. The molecule has 1 N–H and O–H groups in total. The largest absolute Gasteiger partial charge is 0.310 e. The number of carbonyl (C=O) groups is 1. The number of anilines is 1. The first-order valence-electron chi connectivity index (χ1n) is 9.30. The van der Waals surface area contributed by atoms with Gasteiger partial charge in [0, 0.05) is 11.0 Å². The number of rotatable bonds is 5. The first-order valence-corrected chi connectivity index (χ1v) is 11.3. The van der Waals surface area contributed by atoms with Gasteiger partial charge in [0.25, 0.3) is 0 Å². The van der Waals surface area contributed by atoms with E-state index in [9.17, 15) is 4.79 Å². The SMILES string of the molecule is CSc1ccc(CC(=O)Nc2cc(C)nn2-c2nc3c(C)cc(C)cc3s2)cc1. The number of nitrogens with one attached hydrogen (secondary N) is 1. The zero-order valence-corrected chi connectivity index (χ0v) is 18.4. The Kier molecular flexibility index (Phi) is 5.43. The minimum absolute atomic E-state index is 0.0730. The molecule has 0 saturated carbocycles. The minimum atomic E-state index is -0.0730. The highest BCUT2D eigenvalue weighted by molar-refractivity contribution is 7.98. The van der Waals surface area contributed by atoms with E-state index < -0.39 is 0 Å². The highest BCUT2D eigenvalue weighted by Crippen LogP contribution is 2.30. The Hall–Kier alpha value is -2.64. The van der Waals surface area contributed by atoms with Crippen LogP contribution in [-0.2, 0) is 11.2 Å². The Morgan fingerprint density at radius 2 is 1.90 bits per heavy atom. The molecule has 0 spiro atoms. The lowest BCUT2D eigenvalue weighted by Gasteiger charge is -2.07. The standard InChI is InChI=1S/C22H22N4OS2/c1-13-9-14(2)21-18(10-13)29-22(24-21)26-19(11-15(3)25-26)23-20(27)12-16-5-7-17(28-4)8-6-16/h5-11H,12H2,1-4H3,(H,23,27). The number of aromatic nitrogens is 3. The second kappa shape index (κ2) is 8.00. The summed E-state index contributed by atoms with van der Waals surface area (Å²) >= 11 is 3.26. The van der Waals surface area contributed by atoms with Gasteiger partial charge < -0.3 is 5.32 Å². The molecule has 29 heavy (non-hydrogen) atoms. The average molecular weight is 423 g/mol. The lowest BCUT2D eigenvalue weighted by atomic mass is 10.1. The maximum absolute atomic E-state index is 12.6. The van der Waals surface area contributed by atoms with E-state index in [1.807, 2.05) is 43.5 Å². The van der Waals surface area contributed by atoms with Crippen LogP contribution in [0.1, 0.15) is 22.4 Å². The summed E-state index contributed by atoms with van der Waals surface area (Å²) in [6.07, 6.45) is 2.35. The summed E-state index contributed by atoms with van der Waals surface area (Å²) in [5, 5.41) is 8.31. The molecule has 0 aliphatic rings. The van der Waals surface area contributed by atoms with Crippen molar-refractivity contribution < 1.29 is 4.79 Å². The zero-order valence-electron chi connectivity index (χ0n) is 16.8. The first-order chi connectivity index (χ1) is 13.9. The lowest BCUT2D eigenvalue weighted by Crippen LogP contribution is -2.17. The van der Waals surface area contributed by atoms with Crippen molar-refractivity contribution in [1.82, 2.24) is 14.8 Å². The van der Waals surface area contributed by atoms with Crippen LogP contribution >= 0.6 is 23.1 Å². The van der Waals surface area contributed by atoms with Crippen molar-refractivity contribution >= 4 is 45.0 Å². The van der Waals surface area contributed by atoms with Gasteiger partial charge in [-0.2, -0.15) is 9.78 Å². The fourth-order valence-electron chi connectivity index (χ4n) is 3.30. The monoisotopic (exact) mass is 422 g/mol. The van der Waals surface area contributed by atoms with Gasteiger partial charge in [-0.25, -0.2) is 4.98 Å². The van der Waals surface area contributed by atoms with Gasteiger partial charge in [0.1, 0.15) is 5.82 Å². The van der Waals surface area contributed by atoms with E-state index in [4.69, 9.17) is 4.98 Å². The number of thiazole rings is 1. The molecule has 0 aliphatic carbocycles. The molecule has 2 aromatic heterocycles. The summed E-state index contributed by atoms with van der Waals surface area (Å²) in [5.41, 5.74) is 5.15. The molecule has 0 unspecified atom stereocenters. The van der Waals surface area contributed by atoms with Crippen molar-refractivity contribution in [3.8, 4) is 5.13 Å². The number of hydrogen-bond donors (Lipinski definition) is 1. The lowest BCUT2D eigenvalue weighted by molar-refractivity contribution is -0.115. The molecule has 1 amide bonds. The van der Waals surface area contributed by atoms with Crippen molar-refractivity contribution in [3.05, 3.63) is 64.8 Å². The summed E-state index contributed by atoms with van der Waals surface area (Å²) < 4.78 is 2.85. The summed E-state index contributed by atoms with van der Waals surface area (Å²) in [4.78, 5) is 18.6. The van der Waals surface area contributed by atoms with Crippen LogP contribution in [0.3, 0.4) is 0 Å². The van der Waals surface area contributed by atoms with Gasteiger partial charge in [0.05, 0.1) is 22.3 Å². The quantitative estimate of drug-likeness (QED) is 0.443. The van der Waals surface area contributed by atoms with Crippen LogP contribution in [0.25, 0.3) is 15.3 Å². The van der Waals surface area contributed by atoms with Gasteiger partial charge >= 0.3 is 0 Å². The van der Waals surface area contributed by atoms with Crippen molar-refractivity contribution in [2.75, 3.05) is 11.6 Å². The number of fused-ring (bicyclic) bond motifs is 1. The minimum Gasteiger partial charge on any atom is -0.310 e. The average Bonchev–Trinajstić information content (AvgIpc) is 3.25. The smallest absolute Gasteiger partial charge is 0.229 e. The van der Waals surface area contributed by atoms with E-state index in [0.717, 1.165) is 32.2 Å². The highest BCUT2D eigenvalue weighted by Gasteiger charge is 2.16. The Labute approximate surface area is 178 Å². The fourth-order valence-corrected chi connectivity index (χ4v) is 4.82. The van der Waals surface area contributed by atoms with Gasteiger partial charge in [-0.15, -0.1) is 11.8 Å². The normalized spacial score (nSPS) is 11.2. The van der Waals surface area contributed by atoms with Gasteiger partial charge in [0.2, 0.25) is 11.0 Å². The molecule has 0 aliphatic heterocycles. The second-order valence-electron chi connectivity index (χ2n) is 7.08. The van der Waals surface area contributed by atoms with E-state index in [1.165, 1.54) is 10.5 Å². The van der Waals surface area contributed by atoms with Gasteiger partial charge in [-0.3, -0.25) is 4.79 Å². The summed E-state index contributed by atoms with van der Waals surface area (Å²) in [6, 6.07) is 14.2. The zero-order chi connectivity index (χ0) is 20.5. The molecule has 4 aromatic rings. The molecule has 0 saturated heterocycles. The van der Waals surface area contributed by atoms with Gasteiger partial charge in [0.15, 0.2) is 0 Å². The van der Waals surface area contributed by atoms with Crippen LogP contribution in [0.2, 0.25) is 0 Å². The Morgan fingerprint density at radius 1 is 1.14 bits per heavy atom. The molecule has 148 valence electrons. The van der Waals surface area contributed by atoms with Crippen LogP contribution in [-0.4, -0.2) is 26.9 Å². The van der Waals surface area contributed by atoms with Gasteiger partial charge in [-0.05, 0) is 61.9 Å². The van der Waals surface area contributed by atoms with Crippen LogP contribution in [0.4, 0.5) is 5.82 Å². The number of benzene rings is 2. The van der Waals surface area contributed by atoms with Crippen molar-refractivity contribution in [3.63, 3.8) is 0 Å². The molecule has 2 aromatic carbocycles. The highest BCUT2D eigenvalue weighted by atomic mass is 32.2. The number of amides is 1. The molecular formula is C22H22N4OS2. The molecule has 0 fully saturated rings. The molecule has 0 atom stereocenters. The molecule has 7 heteroatoms. The van der Waals surface area contributed by atoms with Gasteiger partial charge in [-0.1, -0.05) is 29.5 Å². The third kappa shape index (κ3) is 4.21. The van der Waals surface area contributed by atoms with Crippen LogP contribution < -0.4 is 5.32 Å². The summed E-state index contributed by atoms with van der Waals surface area (Å²) in [7, 11) is 0. The molecule has 0 radical (unpaired) electrons. The summed E-state index contributed by atoms with van der Waals surface area (Å²) in [5.74, 6) is 0.567.